The second-order valence-corrected chi connectivity index (χ2v) is 9.52. The molecule has 0 atom stereocenters. The highest BCUT2D eigenvalue weighted by molar-refractivity contribution is 8.00. The first-order valence-electron chi connectivity index (χ1n) is 11.3. The minimum Gasteiger partial charge on any atom is -0.351 e. The summed E-state index contributed by atoms with van der Waals surface area (Å²) < 4.78 is 2.04. The van der Waals surface area contributed by atoms with Gasteiger partial charge in [-0.1, -0.05) is 42.1 Å². The molecule has 0 N–H and O–H groups in total. The first-order valence-corrected chi connectivity index (χ1v) is 12.3. The lowest BCUT2D eigenvalue weighted by Gasteiger charge is -2.22. The van der Waals surface area contributed by atoms with Gasteiger partial charge in [0.15, 0.2) is 5.78 Å². The van der Waals surface area contributed by atoms with Gasteiger partial charge in [0.25, 0.3) is 0 Å². The van der Waals surface area contributed by atoms with Crippen molar-refractivity contribution >= 4 is 17.5 Å². The van der Waals surface area contributed by atoms with Crippen LogP contribution < -0.4 is 0 Å². The molecule has 0 fully saturated rings. The van der Waals surface area contributed by atoms with E-state index in [2.05, 4.69) is 30.3 Å². The molecule has 0 amide bonds. The van der Waals surface area contributed by atoms with Crippen molar-refractivity contribution in [3.05, 3.63) is 81.3 Å². The Morgan fingerprint density at radius 3 is 2.50 bits per heavy atom. The van der Waals surface area contributed by atoms with Crippen LogP contribution >= 0.6 is 11.8 Å². The zero-order valence-corrected chi connectivity index (χ0v) is 19.9. The summed E-state index contributed by atoms with van der Waals surface area (Å²) in [7, 11) is 1.98. The van der Waals surface area contributed by atoms with Crippen LogP contribution in [0.5, 0.6) is 0 Å². The van der Waals surface area contributed by atoms with Crippen molar-refractivity contribution in [3.8, 4) is 6.07 Å². The zero-order chi connectivity index (χ0) is 22.7. The van der Waals surface area contributed by atoms with E-state index in [0.717, 1.165) is 66.2 Å². The van der Waals surface area contributed by atoms with Gasteiger partial charge in [-0.3, -0.25) is 4.79 Å². The summed E-state index contributed by atoms with van der Waals surface area (Å²) in [6.07, 6.45) is 5.96. The molecule has 1 aliphatic carbocycles. The number of carbonyl (C=O) groups is 1. The second kappa shape index (κ2) is 9.75. The molecule has 164 valence electrons. The van der Waals surface area contributed by atoms with Gasteiger partial charge in [0.05, 0.1) is 11.3 Å². The van der Waals surface area contributed by atoms with Gasteiger partial charge < -0.3 is 4.57 Å². The van der Waals surface area contributed by atoms with Gasteiger partial charge in [-0.05, 0) is 75.1 Å². The third kappa shape index (κ3) is 4.52. The molecule has 0 saturated carbocycles. The van der Waals surface area contributed by atoms with Gasteiger partial charge in [0, 0.05) is 29.7 Å². The molecule has 0 unspecified atom stereocenters. The molecule has 5 heteroatoms. The van der Waals surface area contributed by atoms with Crippen molar-refractivity contribution < 1.29 is 4.79 Å². The Morgan fingerprint density at radius 2 is 1.84 bits per heavy atom. The third-order valence-electron chi connectivity index (χ3n) is 6.59. The van der Waals surface area contributed by atoms with E-state index in [4.69, 9.17) is 4.98 Å². The average molecular weight is 444 g/mol. The van der Waals surface area contributed by atoms with Crippen molar-refractivity contribution in [1.82, 2.24) is 9.55 Å². The predicted molar refractivity (Wildman–Crippen MR) is 129 cm³/mol. The number of ketones is 1. The maximum absolute atomic E-state index is 12.9. The third-order valence-corrected chi connectivity index (χ3v) is 7.56. The number of thioether (sulfide) groups is 1. The van der Waals surface area contributed by atoms with E-state index in [1.54, 1.807) is 0 Å². The van der Waals surface area contributed by atoms with Crippen molar-refractivity contribution in [2.24, 2.45) is 7.05 Å². The molecular formula is C27H29N3OS. The van der Waals surface area contributed by atoms with Crippen LogP contribution in [0, 0.1) is 25.2 Å². The van der Waals surface area contributed by atoms with Crippen LogP contribution in [0.15, 0.2) is 41.4 Å². The normalized spacial score (nSPS) is 12.9. The quantitative estimate of drug-likeness (QED) is 0.355. The zero-order valence-electron chi connectivity index (χ0n) is 19.1. The lowest BCUT2D eigenvalue weighted by molar-refractivity contribution is 0.102. The number of rotatable bonds is 7. The van der Waals surface area contributed by atoms with Gasteiger partial charge in [0.2, 0.25) is 0 Å². The van der Waals surface area contributed by atoms with E-state index in [1.807, 2.05) is 37.6 Å². The Hall–Kier alpha value is -2.84. The Balaban J connectivity index is 1.61. The Labute approximate surface area is 194 Å². The largest absolute Gasteiger partial charge is 0.351 e. The monoisotopic (exact) mass is 443 g/mol. The van der Waals surface area contributed by atoms with E-state index in [1.165, 1.54) is 28.5 Å². The number of fused-ring (bicyclic) bond motifs is 1. The summed E-state index contributed by atoms with van der Waals surface area (Å²) in [5.74, 6) is 0.383. The fourth-order valence-electron chi connectivity index (χ4n) is 4.56. The Morgan fingerprint density at radius 1 is 1.12 bits per heavy atom. The van der Waals surface area contributed by atoms with Crippen LogP contribution in [-0.4, -0.2) is 21.1 Å². The molecule has 0 radical (unpaired) electrons. The summed E-state index contributed by atoms with van der Waals surface area (Å²) >= 11 is 1.41. The summed E-state index contributed by atoms with van der Waals surface area (Å²) in [6, 6.07) is 14.8. The van der Waals surface area contributed by atoms with Gasteiger partial charge in [-0.2, -0.15) is 5.26 Å². The SMILES string of the molecule is Cc1cc(C(=O)CSc2nc(CCc3ccccc3)c3c(c2C#N)CCCC3)c(C)n1C. The number of carbonyl (C=O) groups excluding carboxylic acids is 1. The first kappa shape index (κ1) is 22.4. The number of aromatic nitrogens is 2. The molecule has 32 heavy (non-hydrogen) atoms. The molecule has 1 aliphatic rings. The molecule has 3 aromatic rings. The van der Waals surface area contributed by atoms with Crippen molar-refractivity contribution in [3.63, 3.8) is 0 Å². The maximum atomic E-state index is 12.9. The van der Waals surface area contributed by atoms with Crippen molar-refractivity contribution in [1.29, 1.82) is 5.26 Å². The Bertz CT molecular complexity index is 1190. The lowest BCUT2D eigenvalue weighted by Crippen LogP contribution is -2.14. The van der Waals surface area contributed by atoms with E-state index in [-0.39, 0.29) is 5.78 Å². The Kier molecular flexibility index (Phi) is 6.81. The summed E-state index contributed by atoms with van der Waals surface area (Å²) in [6.45, 7) is 3.99. The number of Topliss-reactive ketones (excluding diaryl/α,β-unsaturated/α-hetero) is 1. The topological polar surface area (TPSA) is 58.7 Å². The molecule has 4 nitrogen and oxygen atoms in total. The molecule has 0 bridgehead atoms. The van der Waals surface area contributed by atoms with Gasteiger partial charge >= 0.3 is 0 Å². The maximum Gasteiger partial charge on any atom is 0.174 e. The molecule has 2 heterocycles. The van der Waals surface area contributed by atoms with Crippen molar-refractivity contribution in [2.45, 2.75) is 57.4 Å². The standard InChI is InChI=1S/C27H29N3OS/c1-18-15-23(19(2)30(18)3)26(31)17-32-27-24(16-28)21-11-7-8-12-22(21)25(29-27)14-13-20-9-5-4-6-10-20/h4-6,9-10,15H,7-8,11-14,17H2,1-3H3. The number of nitrogens with zero attached hydrogens (tertiary/aromatic N) is 3. The van der Waals surface area contributed by atoms with Crippen molar-refractivity contribution in [2.75, 3.05) is 5.75 Å². The van der Waals surface area contributed by atoms with E-state index >= 15 is 0 Å². The molecule has 4 rings (SSSR count). The highest BCUT2D eigenvalue weighted by Crippen LogP contribution is 2.33. The van der Waals surface area contributed by atoms with E-state index in [0.29, 0.717) is 11.3 Å². The van der Waals surface area contributed by atoms with Crippen LogP contribution in [0.4, 0.5) is 0 Å². The molecular weight excluding hydrogens is 414 g/mol. The smallest absolute Gasteiger partial charge is 0.174 e. The van der Waals surface area contributed by atoms with Crippen LogP contribution in [0.2, 0.25) is 0 Å². The molecule has 0 saturated heterocycles. The van der Waals surface area contributed by atoms with E-state index < -0.39 is 0 Å². The molecule has 1 aromatic carbocycles. The van der Waals surface area contributed by atoms with Crippen LogP contribution in [0.25, 0.3) is 0 Å². The highest BCUT2D eigenvalue weighted by Gasteiger charge is 2.23. The summed E-state index contributed by atoms with van der Waals surface area (Å²) in [5, 5.41) is 10.7. The van der Waals surface area contributed by atoms with Gasteiger partial charge in [-0.15, -0.1) is 0 Å². The number of hydrogen-bond acceptors (Lipinski definition) is 4. The summed E-state index contributed by atoms with van der Waals surface area (Å²) in [5.41, 5.74) is 8.33. The number of nitriles is 1. The van der Waals surface area contributed by atoms with Crippen LogP contribution in [0.1, 0.15) is 62.5 Å². The highest BCUT2D eigenvalue weighted by atomic mass is 32.2. The first-order chi connectivity index (χ1) is 15.5. The van der Waals surface area contributed by atoms with Crippen LogP contribution in [-0.2, 0) is 32.7 Å². The molecule has 0 aliphatic heterocycles. The number of pyridine rings is 1. The fourth-order valence-corrected chi connectivity index (χ4v) is 5.47. The minimum atomic E-state index is 0.0884. The number of hydrogen-bond donors (Lipinski definition) is 0. The minimum absolute atomic E-state index is 0.0884. The van der Waals surface area contributed by atoms with E-state index in [9.17, 15) is 10.1 Å². The van der Waals surface area contributed by atoms with Gasteiger partial charge in [-0.25, -0.2) is 4.98 Å². The second-order valence-electron chi connectivity index (χ2n) is 8.56. The average Bonchev–Trinajstić information content (AvgIpc) is 3.08. The van der Waals surface area contributed by atoms with Crippen LogP contribution in [0.3, 0.4) is 0 Å². The van der Waals surface area contributed by atoms with Gasteiger partial charge in [0.1, 0.15) is 11.1 Å². The fraction of sp³-hybridized carbons (Fsp3) is 0.370. The number of aryl methyl sites for hydroxylation is 3. The predicted octanol–water partition coefficient (Wildman–Crippen LogP) is 5.55. The molecule has 0 spiro atoms. The number of benzene rings is 1. The summed E-state index contributed by atoms with van der Waals surface area (Å²) in [4.78, 5) is 17.9. The molecule has 2 aromatic heterocycles. The lowest BCUT2D eigenvalue weighted by atomic mass is 9.87.